The number of hydrogen-bond acceptors (Lipinski definition) is 4. The maximum absolute atomic E-state index is 12.0. The Morgan fingerprint density at radius 3 is 2.40 bits per heavy atom. The van der Waals surface area contributed by atoms with Gasteiger partial charge in [-0.2, -0.15) is 0 Å². The lowest BCUT2D eigenvalue weighted by atomic mass is 10.1. The van der Waals surface area contributed by atoms with Crippen LogP contribution >= 0.6 is 0 Å². The van der Waals surface area contributed by atoms with Crippen LogP contribution in [0.3, 0.4) is 0 Å². The van der Waals surface area contributed by atoms with Crippen molar-refractivity contribution >= 4 is 17.6 Å². The molecule has 0 saturated carbocycles. The zero-order valence-electron chi connectivity index (χ0n) is 10.8. The Bertz CT molecular complexity index is 638. The van der Waals surface area contributed by atoms with Gasteiger partial charge in [-0.05, 0) is 24.3 Å². The molecule has 0 aromatic heterocycles. The molecule has 2 N–H and O–H groups in total. The third-order valence-corrected chi connectivity index (χ3v) is 2.73. The topological polar surface area (TPSA) is 75.6 Å². The highest BCUT2D eigenvalue weighted by molar-refractivity contribution is 6.06. The number of anilines is 1. The first-order valence-corrected chi connectivity index (χ1v) is 5.90. The molecule has 0 saturated heterocycles. The molecule has 102 valence electrons. The number of nitrogens with one attached hydrogen (secondary N) is 1. The van der Waals surface area contributed by atoms with Gasteiger partial charge in [0.2, 0.25) is 0 Å². The maximum Gasteiger partial charge on any atom is 0.341 e. The minimum Gasteiger partial charge on any atom is -0.505 e. The van der Waals surface area contributed by atoms with Gasteiger partial charge in [0.15, 0.2) is 5.75 Å². The van der Waals surface area contributed by atoms with Crippen molar-refractivity contribution in [3.63, 3.8) is 0 Å². The number of hydrogen-bond donors (Lipinski definition) is 2. The van der Waals surface area contributed by atoms with Gasteiger partial charge in [0.25, 0.3) is 5.91 Å². The van der Waals surface area contributed by atoms with Crippen molar-refractivity contribution in [3.05, 3.63) is 59.7 Å². The van der Waals surface area contributed by atoms with Crippen molar-refractivity contribution in [3.8, 4) is 5.75 Å². The van der Waals surface area contributed by atoms with Crippen LogP contribution in [0.4, 0.5) is 5.69 Å². The van der Waals surface area contributed by atoms with Crippen molar-refractivity contribution in [1.29, 1.82) is 0 Å². The standard InChI is InChI=1S/C15H13NO4/c1-20-15(19)11-8-5-9-12(13(11)17)16-14(18)10-6-3-2-4-7-10/h2-9,17H,1H3,(H,16,18). The van der Waals surface area contributed by atoms with Crippen molar-refractivity contribution in [1.82, 2.24) is 0 Å². The van der Waals surface area contributed by atoms with E-state index in [4.69, 9.17) is 0 Å². The Hall–Kier alpha value is -2.82. The monoisotopic (exact) mass is 271 g/mol. The van der Waals surface area contributed by atoms with Crippen molar-refractivity contribution in [2.24, 2.45) is 0 Å². The fourth-order valence-corrected chi connectivity index (χ4v) is 1.70. The Kier molecular flexibility index (Phi) is 4.00. The second kappa shape index (κ2) is 5.88. The van der Waals surface area contributed by atoms with Gasteiger partial charge in [0.1, 0.15) is 5.56 Å². The van der Waals surface area contributed by atoms with Gasteiger partial charge in [0, 0.05) is 5.56 Å². The fraction of sp³-hybridized carbons (Fsp3) is 0.0667. The molecule has 2 aromatic carbocycles. The minimum absolute atomic E-state index is 0.00152. The highest BCUT2D eigenvalue weighted by Gasteiger charge is 2.16. The normalized spacial score (nSPS) is 9.85. The number of para-hydroxylation sites is 1. The second-order valence-electron chi connectivity index (χ2n) is 4.01. The summed E-state index contributed by atoms with van der Waals surface area (Å²) < 4.78 is 4.55. The van der Waals surface area contributed by atoms with Gasteiger partial charge in [0.05, 0.1) is 12.8 Å². The number of esters is 1. The molecule has 5 nitrogen and oxygen atoms in total. The molecule has 0 heterocycles. The van der Waals surface area contributed by atoms with E-state index in [0.29, 0.717) is 5.56 Å². The molecule has 0 unspecified atom stereocenters. The molecule has 20 heavy (non-hydrogen) atoms. The van der Waals surface area contributed by atoms with Crippen molar-refractivity contribution in [2.75, 3.05) is 12.4 Å². The van der Waals surface area contributed by atoms with Crippen LogP contribution in [-0.4, -0.2) is 24.1 Å². The second-order valence-corrected chi connectivity index (χ2v) is 4.01. The van der Waals surface area contributed by atoms with E-state index in [9.17, 15) is 14.7 Å². The van der Waals surface area contributed by atoms with E-state index in [1.165, 1.54) is 19.2 Å². The van der Waals surface area contributed by atoms with Crippen LogP contribution in [0.1, 0.15) is 20.7 Å². The highest BCUT2D eigenvalue weighted by atomic mass is 16.5. The van der Waals surface area contributed by atoms with Crippen molar-refractivity contribution < 1.29 is 19.4 Å². The van der Waals surface area contributed by atoms with E-state index >= 15 is 0 Å². The predicted octanol–water partition coefficient (Wildman–Crippen LogP) is 2.43. The summed E-state index contributed by atoms with van der Waals surface area (Å²) in [5.74, 6) is -1.36. The summed E-state index contributed by atoms with van der Waals surface area (Å²) >= 11 is 0. The first-order valence-electron chi connectivity index (χ1n) is 5.90. The number of carbonyl (C=O) groups is 2. The summed E-state index contributed by atoms with van der Waals surface area (Å²) in [5.41, 5.74) is 0.607. The highest BCUT2D eigenvalue weighted by Crippen LogP contribution is 2.28. The van der Waals surface area contributed by atoms with Crippen LogP contribution in [-0.2, 0) is 4.74 Å². The molecule has 1 amide bonds. The van der Waals surface area contributed by atoms with Gasteiger partial charge in [-0.3, -0.25) is 4.79 Å². The van der Waals surface area contributed by atoms with Gasteiger partial charge >= 0.3 is 5.97 Å². The number of ether oxygens (including phenoxy) is 1. The van der Waals surface area contributed by atoms with Crippen LogP contribution < -0.4 is 5.32 Å². The summed E-state index contributed by atoms with van der Waals surface area (Å²) in [5, 5.41) is 12.5. The molecule has 0 radical (unpaired) electrons. The summed E-state index contributed by atoms with van der Waals surface area (Å²) in [4.78, 5) is 23.4. The number of benzene rings is 2. The van der Waals surface area contributed by atoms with Crippen LogP contribution in [0.15, 0.2) is 48.5 Å². The number of phenols is 1. The van der Waals surface area contributed by atoms with Gasteiger partial charge < -0.3 is 15.2 Å². The lowest BCUT2D eigenvalue weighted by Crippen LogP contribution is -2.12. The van der Waals surface area contributed by atoms with Crippen molar-refractivity contribution in [2.45, 2.75) is 0 Å². The quantitative estimate of drug-likeness (QED) is 0.664. The summed E-state index contributed by atoms with van der Waals surface area (Å²) in [6.45, 7) is 0. The molecule has 0 fully saturated rings. The van der Waals surface area contributed by atoms with Crippen LogP contribution in [0.25, 0.3) is 0 Å². The Morgan fingerprint density at radius 2 is 1.75 bits per heavy atom. The molecule has 5 heteroatoms. The van der Waals surface area contributed by atoms with Crippen LogP contribution in [0.2, 0.25) is 0 Å². The predicted molar refractivity (Wildman–Crippen MR) is 73.8 cm³/mol. The van der Waals surface area contributed by atoms with E-state index in [-0.39, 0.29) is 22.9 Å². The molecule has 2 aromatic rings. The zero-order chi connectivity index (χ0) is 14.5. The van der Waals surface area contributed by atoms with E-state index in [1.807, 2.05) is 0 Å². The Labute approximate surface area is 115 Å². The fourth-order valence-electron chi connectivity index (χ4n) is 1.70. The molecule has 0 atom stereocenters. The first-order chi connectivity index (χ1) is 9.63. The molecular formula is C15H13NO4. The zero-order valence-corrected chi connectivity index (χ0v) is 10.8. The number of carbonyl (C=O) groups excluding carboxylic acids is 2. The van der Waals surface area contributed by atoms with E-state index in [0.717, 1.165) is 0 Å². The minimum atomic E-state index is -0.668. The van der Waals surface area contributed by atoms with Crippen LogP contribution in [0, 0.1) is 0 Å². The number of amides is 1. The van der Waals surface area contributed by atoms with E-state index in [1.54, 1.807) is 36.4 Å². The molecule has 0 spiro atoms. The molecule has 0 bridgehead atoms. The Balaban J connectivity index is 2.26. The average molecular weight is 271 g/mol. The summed E-state index contributed by atoms with van der Waals surface area (Å²) in [6, 6.07) is 13.0. The number of aromatic hydroxyl groups is 1. The molecular weight excluding hydrogens is 258 g/mol. The lowest BCUT2D eigenvalue weighted by molar-refractivity contribution is 0.0597. The van der Waals surface area contributed by atoms with Gasteiger partial charge in [-0.15, -0.1) is 0 Å². The third kappa shape index (κ3) is 2.77. The summed E-state index contributed by atoms with van der Waals surface area (Å²) in [7, 11) is 1.22. The SMILES string of the molecule is COC(=O)c1cccc(NC(=O)c2ccccc2)c1O. The summed E-state index contributed by atoms with van der Waals surface area (Å²) in [6.07, 6.45) is 0. The molecule has 0 aliphatic heterocycles. The van der Waals surface area contributed by atoms with Gasteiger partial charge in [-0.1, -0.05) is 24.3 Å². The first kappa shape index (κ1) is 13.6. The van der Waals surface area contributed by atoms with Gasteiger partial charge in [-0.25, -0.2) is 4.79 Å². The van der Waals surface area contributed by atoms with Crippen LogP contribution in [0.5, 0.6) is 5.75 Å². The smallest absolute Gasteiger partial charge is 0.341 e. The van der Waals surface area contributed by atoms with E-state index < -0.39 is 5.97 Å². The number of phenolic OH excluding ortho intramolecular Hbond substituents is 1. The molecule has 0 aliphatic rings. The number of methoxy groups -OCH3 is 1. The maximum atomic E-state index is 12.0. The largest absolute Gasteiger partial charge is 0.505 e. The number of rotatable bonds is 3. The molecule has 2 rings (SSSR count). The Morgan fingerprint density at radius 1 is 1.05 bits per heavy atom. The van der Waals surface area contributed by atoms with E-state index in [2.05, 4.69) is 10.1 Å². The lowest BCUT2D eigenvalue weighted by Gasteiger charge is -2.10. The third-order valence-electron chi connectivity index (χ3n) is 2.73. The molecule has 0 aliphatic carbocycles. The average Bonchev–Trinajstić information content (AvgIpc) is 2.49.